The van der Waals surface area contributed by atoms with Crippen LogP contribution in [0.25, 0.3) is 0 Å². The summed E-state index contributed by atoms with van der Waals surface area (Å²) in [6.07, 6.45) is 4.21. The van der Waals surface area contributed by atoms with Crippen LogP contribution in [0.3, 0.4) is 0 Å². The minimum Gasteiger partial charge on any atom is -0.450 e. The lowest BCUT2D eigenvalue weighted by atomic mass is 10.1. The molecule has 0 unspecified atom stereocenters. The van der Waals surface area contributed by atoms with E-state index in [1.54, 1.807) is 71.3 Å². The highest BCUT2D eigenvalue weighted by molar-refractivity contribution is 8.13. The van der Waals surface area contributed by atoms with E-state index in [4.69, 9.17) is 35.9 Å². The molecule has 28 heteroatoms. The maximum Gasteiger partial charge on any atom is 0.409 e. The summed E-state index contributed by atoms with van der Waals surface area (Å²) >= 11 is 0. The van der Waals surface area contributed by atoms with E-state index in [1.165, 1.54) is 16.4 Å². The first kappa shape index (κ1) is 74.1. The molecular weight excluding hydrogens is 1260 g/mol. The van der Waals surface area contributed by atoms with E-state index >= 15 is 0 Å². The van der Waals surface area contributed by atoms with Crippen LogP contribution in [-0.2, 0) is 33.3 Å². The van der Waals surface area contributed by atoms with E-state index in [9.17, 15) is 50.5 Å². The Morgan fingerprint density at radius 1 is 0.548 bits per heavy atom. The quantitative estimate of drug-likeness (QED) is 0.0548. The maximum atomic E-state index is 13.3. The molecule has 9 rings (SSSR count). The van der Waals surface area contributed by atoms with E-state index in [1.807, 2.05) is 61.2 Å². The largest absolute Gasteiger partial charge is 0.450 e. The topological polar surface area (TPSA) is 292 Å². The number of nitriles is 3. The molecule has 0 aliphatic carbocycles. The molecule has 0 bridgehead atoms. The zero-order chi connectivity index (χ0) is 67.9. The molecule has 0 saturated carbocycles. The summed E-state index contributed by atoms with van der Waals surface area (Å²) in [7, 11) is -2.69. The van der Waals surface area contributed by atoms with Crippen LogP contribution >= 0.6 is 10.7 Å². The molecule has 3 saturated heterocycles. The molecule has 1 aromatic heterocycles. The number of hydrogen-bond donors (Lipinski definition) is 2. The van der Waals surface area contributed by atoms with Crippen molar-refractivity contribution in [3.8, 4) is 18.2 Å². The second-order valence-corrected chi connectivity index (χ2v) is 24.9. The number of hydrogen-bond acceptors (Lipinski definition) is 19. The number of nitrogens with two attached hydrogens (primary N) is 1. The molecule has 3 amide bonds. The Hall–Kier alpha value is -9.62. The van der Waals surface area contributed by atoms with Gasteiger partial charge in [0.25, 0.3) is 19.1 Å². The Balaban J connectivity index is 0.000000229. The number of nitrogen functional groups attached to an aromatic ring is 1. The minimum atomic E-state index is -3.93. The van der Waals surface area contributed by atoms with Crippen LogP contribution in [0.2, 0.25) is 0 Å². The normalized spacial score (nSPS) is 13.6. The van der Waals surface area contributed by atoms with Crippen molar-refractivity contribution in [3.63, 3.8) is 0 Å². The van der Waals surface area contributed by atoms with Crippen molar-refractivity contribution in [2.24, 2.45) is 0 Å². The number of amides is 3. The number of nitrogens with zero attached hydrogens (tertiary/aromatic N) is 11. The molecule has 3 fully saturated rings. The van der Waals surface area contributed by atoms with Gasteiger partial charge in [0.05, 0.1) is 69.1 Å². The van der Waals surface area contributed by atoms with Crippen molar-refractivity contribution in [1.29, 1.82) is 15.8 Å². The highest BCUT2D eigenvalue weighted by Gasteiger charge is 2.29. The molecule has 3 N–H and O–H groups in total. The van der Waals surface area contributed by atoms with Gasteiger partial charge in [0.15, 0.2) is 0 Å². The molecule has 0 atom stereocenters. The van der Waals surface area contributed by atoms with E-state index in [0.29, 0.717) is 139 Å². The smallest absolute Gasteiger partial charge is 0.409 e. The van der Waals surface area contributed by atoms with Crippen LogP contribution in [-0.4, -0.2) is 166 Å². The zero-order valence-electron chi connectivity index (χ0n) is 52.7. The van der Waals surface area contributed by atoms with Crippen LogP contribution in [0.5, 0.6) is 0 Å². The first-order valence-electron chi connectivity index (χ1n) is 30.1. The molecule has 3 aliphatic rings. The molecule has 5 aromatic carbocycles. The fourth-order valence-corrected chi connectivity index (χ4v) is 11.8. The fraction of sp³-hybridized carbons (Fsp3) is 0.369. The standard InChI is InChI=1S/C23H27FN4O4S.C17H24N4O2.C14H18N4O2.C6H4ClFO2S.C5H5N/c1-3-11-28(33(30,31)21-8-5-19(24)6-9-21)20-7-10-22(18(16-20)17-25)26-12-14-27(15-13-26)23(29)32-4-2;1-3-7-19-15-5-6-16(14(12-15)13-18)20-8-10-21(11-9-20)17(22)23-4-2;1-2-20-14(19)18-7-5-17(6-8-18)13-4-3-12(16)9-11(13)10-15;7-11(9,10)6-3-1-5(8)2-4-6;1-2-4-6-5-3-1/h5-10,16H,3-4,11-15H2,1-2H3;5-6,12,19H,3-4,7-11H2,1-2H3;3-4,9H,2,5-8,16H2,1H3;1-4H;1-5H. The molecule has 4 heterocycles. The summed E-state index contributed by atoms with van der Waals surface area (Å²) < 4.78 is 89.5. The van der Waals surface area contributed by atoms with Gasteiger partial charge < -0.3 is 54.7 Å². The third-order valence-electron chi connectivity index (χ3n) is 14.2. The molecule has 496 valence electrons. The first-order valence-corrected chi connectivity index (χ1v) is 33.9. The van der Waals surface area contributed by atoms with E-state index in [2.05, 4.69) is 45.2 Å². The second kappa shape index (κ2) is 37.6. The van der Waals surface area contributed by atoms with Crippen molar-refractivity contribution in [1.82, 2.24) is 19.7 Å². The van der Waals surface area contributed by atoms with Crippen LogP contribution < -0.4 is 30.1 Å². The number of nitrogens with one attached hydrogen (secondary N) is 1. The zero-order valence-corrected chi connectivity index (χ0v) is 55.1. The lowest BCUT2D eigenvalue weighted by Crippen LogP contribution is -2.49. The van der Waals surface area contributed by atoms with E-state index in [0.717, 1.165) is 66.4 Å². The van der Waals surface area contributed by atoms with E-state index in [-0.39, 0.29) is 34.6 Å². The molecule has 93 heavy (non-hydrogen) atoms. The van der Waals surface area contributed by atoms with Crippen molar-refractivity contribution >= 4 is 82.2 Å². The number of pyridine rings is 1. The fourth-order valence-electron chi connectivity index (χ4n) is 9.51. The third kappa shape index (κ3) is 22.6. The molecule has 6 aromatic rings. The number of carbonyl (C=O) groups excluding carboxylic acids is 3. The number of sulfonamides is 1. The van der Waals surface area contributed by atoms with Gasteiger partial charge in [-0.1, -0.05) is 19.9 Å². The Kier molecular flexibility index (Phi) is 30.0. The summed E-state index contributed by atoms with van der Waals surface area (Å²) in [5, 5.41) is 31.7. The summed E-state index contributed by atoms with van der Waals surface area (Å²) in [5.41, 5.74) is 11.6. The molecule has 3 aliphatic heterocycles. The summed E-state index contributed by atoms with van der Waals surface area (Å²) in [6, 6.07) is 37.4. The van der Waals surface area contributed by atoms with Gasteiger partial charge in [0.2, 0.25) is 0 Å². The van der Waals surface area contributed by atoms with Gasteiger partial charge in [-0.25, -0.2) is 40.0 Å². The van der Waals surface area contributed by atoms with Gasteiger partial charge in [-0.05, 0) is 149 Å². The number of piperazine rings is 3. The summed E-state index contributed by atoms with van der Waals surface area (Å²) in [4.78, 5) is 50.2. The number of ether oxygens (including phenoxy) is 3. The minimum absolute atomic E-state index is 0.0185. The van der Waals surface area contributed by atoms with Crippen LogP contribution in [0.15, 0.2) is 144 Å². The summed E-state index contributed by atoms with van der Waals surface area (Å²) in [6.45, 7) is 18.7. The van der Waals surface area contributed by atoms with Gasteiger partial charge in [-0.3, -0.25) is 9.29 Å². The van der Waals surface area contributed by atoms with Crippen molar-refractivity contribution < 1.29 is 54.2 Å². The van der Waals surface area contributed by atoms with E-state index < -0.39 is 30.7 Å². The highest BCUT2D eigenvalue weighted by atomic mass is 35.7. The number of aromatic nitrogens is 1. The second-order valence-electron chi connectivity index (χ2n) is 20.4. The van der Waals surface area contributed by atoms with Gasteiger partial charge in [0.1, 0.15) is 29.8 Å². The Bertz CT molecular complexity index is 3700. The predicted molar refractivity (Wildman–Crippen MR) is 354 cm³/mol. The number of halogens is 3. The maximum absolute atomic E-state index is 13.3. The third-order valence-corrected chi connectivity index (χ3v) is 17.4. The lowest BCUT2D eigenvalue weighted by Gasteiger charge is -2.36. The molecule has 0 spiro atoms. The van der Waals surface area contributed by atoms with Crippen molar-refractivity contribution in [2.75, 3.05) is 142 Å². The molecular formula is C65H78ClF2N13O10S2. The Morgan fingerprint density at radius 3 is 1.31 bits per heavy atom. The van der Waals surface area contributed by atoms with Gasteiger partial charge >= 0.3 is 18.3 Å². The van der Waals surface area contributed by atoms with Crippen LogP contribution in [0.4, 0.5) is 57.3 Å². The van der Waals surface area contributed by atoms with Crippen molar-refractivity contribution in [2.45, 2.75) is 57.3 Å². The highest BCUT2D eigenvalue weighted by Crippen LogP contribution is 2.32. The van der Waals surface area contributed by atoms with Crippen molar-refractivity contribution in [3.05, 3.63) is 162 Å². The Morgan fingerprint density at radius 2 is 0.946 bits per heavy atom. The average molecular weight is 1340 g/mol. The molecule has 0 radical (unpaired) electrons. The van der Waals surface area contributed by atoms with Gasteiger partial charge in [0, 0.05) is 126 Å². The first-order chi connectivity index (χ1) is 44.7. The SMILES string of the molecule is CCCN(c1ccc(N2CCN(C(=O)OCC)CC2)c(C#N)c1)S(=O)(=O)c1ccc(F)cc1.CCCNc1ccc(N2CCN(C(=O)OCC)CC2)c(C#N)c1.CCOC(=O)N1CCN(c2ccc(N)cc2C#N)CC1.O=S(=O)(Cl)c1ccc(F)cc1.c1ccncc1. The Labute approximate surface area is 548 Å². The number of benzene rings is 5. The average Bonchev–Trinajstić information content (AvgIpc) is 0.809. The summed E-state index contributed by atoms with van der Waals surface area (Å²) in [5.74, 6) is -1.01. The van der Waals surface area contributed by atoms with Crippen LogP contribution in [0.1, 0.15) is 64.2 Å². The van der Waals surface area contributed by atoms with Crippen LogP contribution in [0, 0.1) is 45.6 Å². The molecule has 23 nitrogen and oxygen atoms in total. The number of carbonyl (C=O) groups is 3. The predicted octanol–water partition coefficient (Wildman–Crippen LogP) is 10.5. The monoisotopic (exact) mass is 1340 g/mol. The number of rotatable bonds is 15. The van der Waals surface area contributed by atoms with Gasteiger partial charge in [-0.15, -0.1) is 0 Å². The number of anilines is 6. The van der Waals surface area contributed by atoms with Gasteiger partial charge in [-0.2, -0.15) is 15.8 Å². The lowest BCUT2D eigenvalue weighted by molar-refractivity contribution is 0.104.